The molecule has 6 heteroatoms. The second-order valence-corrected chi connectivity index (χ2v) is 9.26. The van der Waals surface area contributed by atoms with Crippen LogP contribution in [0.3, 0.4) is 0 Å². The molecule has 6 nitrogen and oxygen atoms in total. The van der Waals surface area contributed by atoms with Crippen LogP contribution in [0.1, 0.15) is 84.0 Å². The van der Waals surface area contributed by atoms with Gasteiger partial charge in [-0.15, -0.1) is 0 Å². The summed E-state index contributed by atoms with van der Waals surface area (Å²) in [6, 6.07) is 0. The lowest BCUT2D eigenvalue weighted by molar-refractivity contribution is -0.131. The summed E-state index contributed by atoms with van der Waals surface area (Å²) in [6.45, 7) is 3.69. The number of nitrogens with one attached hydrogen (secondary N) is 2. The Kier molecular flexibility index (Phi) is 7.00. The Hall–Kier alpha value is -1.59. The Morgan fingerprint density at radius 2 is 1.96 bits per heavy atom. The van der Waals surface area contributed by atoms with Crippen molar-refractivity contribution in [1.29, 1.82) is 5.41 Å². The summed E-state index contributed by atoms with van der Waals surface area (Å²) >= 11 is 0. The lowest BCUT2D eigenvalue weighted by Gasteiger charge is -2.32. The van der Waals surface area contributed by atoms with Gasteiger partial charge in [-0.2, -0.15) is 0 Å². The largest absolute Gasteiger partial charge is 0.342 e. The summed E-state index contributed by atoms with van der Waals surface area (Å²) in [5.74, 6) is 1.59. The fraction of sp³-hybridized carbons (Fsp3) is 0.864. The third kappa shape index (κ3) is 4.69. The zero-order valence-corrected chi connectivity index (χ0v) is 17.8. The number of guanidine groups is 1. The molecule has 0 aromatic carbocycles. The van der Waals surface area contributed by atoms with Crippen LogP contribution in [-0.4, -0.2) is 53.2 Å². The highest BCUT2D eigenvalue weighted by Crippen LogP contribution is 2.36. The van der Waals surface area contributed by atoms with Crippen LogP contribution in [0.25, 0.3) is 0 Å². The van der Waals surface area contributed by atoms with Crippen molar-refractivity contribution >= 4 is 17.8 Å². The molecule has 1 saturated carbocycles. The van der Waals surface area contributed by atoms with Crippen LogP contribution in [0, 0.1) is 17.2 Å². The van der Waals surface area contributed by atoms with E-state index in [-0.39, 0.29) is 17.8 Å². The standard InChI is InChI=1S/C22H38N4O2/c1-3-4-10-19(27)26-14-12-18(16-26)15-22(20(28)25(2)21(23)24-22)13-11-17-8-6-5-7-9-17/h17-18H,3-16H2,1-2H3,(H2,23,24)/t18-,22+/m1/s1. The Morgan fingerprint density at radius 1 is 1.21 bits per heavy atom. The van der Waals surface area contributed by atoms with Gasteiger partial charge < -0.3 is 10.2 Å². The molecule has 2 amide bonds. The SMILES string of the molecule is CCCCC(=O)N1CC[C@H](C[C@]2(CCC3CCCCC3)NC(=N)N(C)C2=O)C1. The number of rotatable bonds is 8. The van der Waals surface area contributed by atoms with E-state index in [1.54, 1.807) is 7.05 Å². The van der Waals surface area contributed by atoms with E-state index in [2.05, 4.69) is 12.2 Å². The van der Waals surface area contributed by atoms with Gasteiger partial charge >= 0.3 is 0 Å². The van der Waals surface area contributed by atoms with Crippen molar-refractivity contribution in [2.24, 2.45) is 11.8 Å². The fourth-order valence-electron chi connectivity index (χ4n) is 5.33. The molecule has 3 aliphatic rings. The summed E-state index contributed by atoms with van der Waals surface area (Å²) in [6.07, 6.45) is 12.7. The van der Waals surface area contributed by atoms with Crippen molar-refractivity contribution in [2.45, 2.75) is 89.5 Å². The van der Waals surface area contributed by atoms with Gasteiger partial charge in [0.15, 0.2) is 5.96 Å². The molecule has 0 spiro atoms. The van der Waals surface area contributed by atoms with E-state index in [9.17, 15) is 9.59 Å². The summed E-state index contributed by atoms with van der Waals surface area (Å²) in [4.78, 5) is 28.9. The summed E-state index contributed by atoms with van der Waals surface area (Å²) in [7, 11) is 1.70. The van der Waals surface area contributed by atoms with E-state index in [1.807, 2.05) is 4.90 Å². The van der Waals surface area contributed by atoms with Crippen LogP contribution in [-0.2, 0) is 9.59 Å². The van der Waals surface area contributed by atoms with Crippen LogP contribution in [0.5, 0.6) is 0 Å². The zero-order valence-electron chi connectivity index (χ0n) is 17.8. The van der Waals surface area contributed by atoms with Gasteiger partial charge in [0.05, 0.1) is 0 Å². The normalized spacial score (nSPS) is 28.9. The third-order valence-corrected chi connectivity index (χ3v) is 7.13. The zero-order chi connectivity index (χ0) is 20.1. The molecular formula is C22H38N4O2. The average molecular weight is 391 g/mol. The third-order valence-electron chi connectivity index (χ3n) is 7.13. The van der Waals surface area contributed by atoms with Crippen molar-refractivity contribution in [2.75, 3.05) is 20.1 Å². The molecule has 3 rings (SSSR count). The summed E-state index contributed by atoms with van der Waals surface area (Å²) in [5.41, 5.74) is -0.642. The second kappa shape index (κ2) is 9.27. The molecule has 0 radical (unpaired) electrons. The van der Waals surface area contributed by atoms with E-state index in [0.717, 1.165) is 57.5 Å². The molecule has 28 heavy (non-hydrogen) atoms. The van der Waals surface area contributed by atoms with Gasteiger partial charge in [-0.25, -0.2) is 0 Å². The number of likely N-dealkylation sites (tertiary alicyclic amines) is 1. The minimum atomic E-state index is -0.642. The molecule has 2 N–H and O–H groups in total. The predicted octanol–water partition coefficient (Wildman–Crippen LogP) is 3.51. The van der Waals surface area contributed by atoms with Crippen molar-refractivity contribution in [3.8, 4) is 0 Å². The number of nitrogens with zero attached hydrogens (tertiary/aromatic N) is 2. The molecule has 3 fully saturated rings. The number of hydrogen-bond acceptors (Lipinski definition) is 3. The van der Waals surface area contributed by atoms with Crippen LogP contribution in [0.15, 0.2) is 0 Å². The first-order chi connectivity index (χ1) is 13.4. The molecule has 2 heterocycles. The first-order valence-corrected chi connectivity index (χ1v) is 11.4. The van der Waals surface area contributed by atoms with Crippen LogP contribution < -0.4 is 5.32 Å². The maximum atomic E-state index is 13.1. The van der Waals surface area contributed by atoms with Gasteiger partial charge in [0.2, 0.25) is 5.91 Å². The smallest absolute Gasteiger partial charge is 0.254 e. The number of likely N-dealkylation sites (N-methyl/N-ethyl adjacent to an activating group) is 1. The molecule has 0 aromatic rings. The van der Waals surface area contributed by atoms with Crippen molar-refractivity contribution in [3.63, 3.8) is 0 Å². The monoisotopic (exact) mass is 390 g/mol. The van der Waals surface area contributed by atoms with Crippen LogP contribution >= 0.6 is 0 Å². The van der Waals surface area contributed by atoms with Gasteiger partial charge in [0, 0.05) is 26.6 Å². The van der Waals surface area contributed by atoms with Gasteiger partial charge in [-0.3, -0.25) is 19.9 Å². The molecular weight excluding hydrogens is 352 g/mol. The van der Waals surface area contributed by atoms with Gasteiger partial charge in [-0.05, 0) is 43.9 Å². The van der Waals surface area contributed by atoms with Gasteiger partial charge in [0.1, 0.15) is 5.54 Å². The number of carbonyl (C=O) groups excluding carboxylic acids is 2. The highest BCUT2D eigenvalue weighted by atomic mass is 16.2. The van der Waals surface area contributed by atoms with Gasteiger partial charge in [0.25, 0.3) is 5.91 Å². The van der Waals surface area contributed by atoms with Gasteiger partial charge in [-0.1, -0.05) is 45.4 Å². The quantitative estimate of drug-likeness (QED) is 0.666. The van der Waals surface area contributed by atoms with E-state index < -0.39 is 5.54 Å². The number of amides is 2. The lowest BCUT2D eigenvalue weighted by atomic mass is 9.78. The molecule has 0 unspecified atom stereocenters. The van der Waals surface area contributed by atoms with Crippen molar-refractivity contribution < 1.29 is 9.59 Å². The fourth-order valence-corrected chi connectivity index (χ4v) is 5.33. The molecule has 2 aliphatic heterocycles. The van der Waals surface area contributed by atoms with E-state index in [1.165, 1.54) is 37.0 Å². The Bertz CT molecular complexity index is 587. The molecule has 2 atom stereocenters. The first kappa shape index (κ1) is 21.1. The number of unbranched alkanes of at least 4 members (excludes halogenated alkanes) is 1. The first-order valence-electron chi connectivity index (χ1n) is 11.4. The topological polar surface area (TPSA) is 76.5 Å². The molecule has 1 aliphatic carbocycles. The minimum Gasteiger partial charge on any atom is -0.342 e. The molecule has 2 saturated heterocycles. The highest BCUT2D eigenvalue weighted by molar-refractivity contribution is 6.07. The number of hydrogen-bond donors (Lipinski definition) is 2. The molecule has 0 aromatic heterocycles. The lowest BCUT2D eigenvalue weighted by Crippen LogP contribution is -2.49. The predicted molar refractivity (Wildman–Crippen MR) is 111 cm³/mol. The number of carbonyl (C=O) groups is 2. The Morgan fingerprint density at radius 3 is 2.61 bits per heavy atom. The maximum Gasteiger partial charge on any atom is 0.254 e. The second-order valence-electron chi connectivity index (χ2n) is 9.26. The van der Waals surface area contributed by atoms with Crippen LogP contribution in [0.2, 0.25) is 0 Å². The highest BCUT2D eigenvalue weighted by Gasteiger charge is 2.49. The summed E-state index contributed by atoms with van der Waals surface area (Å²) < 4.78 is 0. The molecule has 158 valence electrons. The minimum absolute atomic E-state index is 0.0454. The van der Waals surface area contributed by atoms with E-state index in [4.69, 9.17) is 5.41 Å². The van der Waals surface area contributed by atoms with E-state index >= 15 is 0 Å². The van der Waals surface area contributed by atoms with Crippen LogP contribution in [0.4, 0.5) is 0 Å². The average Bonchev–Trinajstić information content (AvgIpc) is 3.25. The summed E-state index contributed by atoms with van der Waals surface area (Å²) in [5, 5.41) is 11.4. The Balaban J connectivity index is 1.62. The van der Waals surface area contributed by atoms with E-state index in [0.29, 0.717) is 12.3 Å². The van der Waals surface area contributed by atoms with Crippen molar-refractivity contribution in [3.05, 3.63) is 0 Å². The van der Waals surface area contributed by atoms with Crippen molar-refractivity contribution in [1.82, 2.24) is 15.1 Å². The maximum absolute atomic E-state index is 13.1. The Labute approximate surface area is 169 Å². The molecule has 0 bridgehead atoms.